The summed E-state index contributed by atoms with van der Waals surface area (Å²) in [6.45, 7) is 4.74. The zero-order chi connectivity index (χ0) is 13.7. The van der Waals surface area contributed by atoms with Gasteiger partial charge in [-0.15, -0.1) is 11.3 Å². The Bertz CT molecular complexity index is 530. The van der Waals surface area contributed by atoms with E-state index in [0.717, 1.165) is 23.1 Å². The van der Waals surface area contributed by atoms with Crippen LogP contribution in [0.4, 0.5) is 5.82 Å². The Kier molecular flexibility index (Phi) is 4.99. The maximum atomic E-state index is 5.89. The fourth-order valence-corrected chi connectivity index (χ4v) is 2.63. The highest BCUT2D eigenvalue weighted by molar-refractivity contribution is 7.16. The lowest BCUT2D eigenvalue weighted by atomic mass is 10.3. The molecule has 2 aromatic heterocycles. The first kappa shape index (κ1) is 14.1. The zero-order valence-corrected chi connectivity index (χ0v) is 12.5. The molecule has 2 heterocycles. The normalized spacial score (nSPS) is 10.7. The number of thiophene rings is 1. The first-order chi connectivity index (χ1) is 9.13. The molecule has 0 saturated carbocycles. The highest BCUT2D eigenvalue weighted by Gasteiger charge is 2.02. The molecule has 0 aliphatic carbocycles. The number of nitrogens with zero attached hydrogens (tertiary/aromatic N) is 2. The lowest BCUT2D eigenvalue weighted by molar-refractivity contribution is 0.232. The van der Waals surface area contributed by atoms with E-state index >= 15 is 0 Å². The van der Waals surface area contributed by atoms with Crippen LogP contribution in [-0.2, 0) is 6.42 Å². The zero-order valence-electron chi connectivity index (χ0n) is 10.9. The predicted molar refractivity (Wildman–Crippen MR) is 79.3 cm³/mol. The van der Waals surface area contributed by atoms with Crippen LogP contribution in [0.2, 0.25) is 4.34 Å². The van der Waals surface area contributed by atoms with Crippen LogP contribution in [0.15, 0.2) is 24.5 Å². The summed E-state index contributed by atoms with van der Waals surface area (Å²) < 4.78 is 6.34. The summed E-state index contributed by atoms with van der Waals surface area (Å²) in [5.74, 6) is 1.36. The fourth-order valence-electron chi connectivity index (χ4n) is 1.54. The fraction of sp³-hybridized carbons (Fsp3) is 0.385. The second kappa shape index (κ2) is 6.73. The van der Waals surface area contributed by atoms with E-state index in [9.17, 15) is 0 Å². The van der Waals surface area contributed by atoms with Crippen LogP contribution < -0.4 is 10.1 Å². The molecule has 19 heavy (non-hydrogen) atoms. The van der Waals surface area contributed by atoms with Crippen molar-refractivity contribution in [3.05, 3.63) is 33.7 Å². The molecule has 0 spiro atoms. The minimum atomic E-state index is 0.107. The van der Waals surface area contributed by atoms with Gasteiger partial charge in [-0.25, -0.2) is 9.97 Å². The van der Waals surface area contributed by atoms with Crippen LogP contribution in [0, 0.1) is 0 Å². The van der Waals surface area contributed by atoms with E-state index in [1.165, 1.54) is 11.2 Å². The van der Waals surface area contributed by atoms with E-state index in [-0.39, 0.29) is 6.10 Å². The Morgan fingerprint density at radius 3 is 2.89 bits per heavy atom. The van der Waals surface area contributed by atoms with Crippen molar-refractivity contribution in [2.75, 3.05) is 11.9 Å². The molecule has 0 saturated heterocycles. The lowest BCUT2D eigenvalue weighted by Gasteiger charge is -2.09. The van der Waals surface area contributed by atoms with Gasteiger partial charge in [-0.05, 0) is 32.4 Å². The topological polar surface area (TPSA) is 47.0 Å². The number of hydrogen-bond donors (Lipinski definition) is 1. The maximum Gasteiger partial charge on any atom is 0.218 e. The molecule has 0 bridgehead atoms. The molecule has 0 radical (unpaired) electrons. The summed E-state index contributed by atoms with van der Waals surface area (Å²) in [5, 5.41) is 3.25. The van der Waals surface area contributed by atoms with E-state index in [4.69, 9.17) is 16.3 Å². The quantitative estimate of drug-likeness (QED) is 0.884. The van der Waals surface area contributed by atoms with Gasteiger partial charge in [0.1, 0.15) is 12.1 Å². The van der Waals surface area contributed by atoms with Crippen LogP contribution in [0.25, 0.3) is 0 Å². The number of hydrogen-bond acceptors (Lipinski definition) is 5. The Balaban J connectivity index is 1.85. The van der Waals surface area contributed by atoms with Gasteiger partial charge in [-0.3, -0.25) is 0 Å². The Hall–Kier alpha value is -1.33. The summed E-state index contributed by atoms with van der Waals surface area (Å²) in [6.07, 6.45) is 2.53. The minimum absolute atomic E-state index is 0.107. The molecule has 0 unspecified atom stereocenters. The van der Waals surface area contributed by atoms with Crippen LogP contribution in [0.3, 0.4) is 0 Å². The van der Waals surface area contributed by atoms with Gasteiger partial charge in [0.2, 0.25) is 5.88 Å². The standard InChI is InChI=1S/C13H16ClN3OS/c1-9(2)18-13-7-12(16-8-17-13)15-6-5-10-3-4-11(14)19-10/h3-4,7-9H,5-6H2,1-2H3,(H,15,16,17). The van der Waals surface area contributed by atoms with Crippen LogP contribution in [0.1, 0.15) is 18.7 Å². The largest absolute Gasteiger partial charge is 0.475 e. The predicted octanol–water partition coefficient (Wildman–Crippen LogP) is 3.63. The van der Waals surface area contributed by atoms with Crippen LogP contribution in [0.5, 0.6) is 5.88 Å². The van der Waals surface area contributed by atoms with Crippen LogP contribution in [-0.4, -0.2) is 22.6 Å². The summed E-state index contributed by atoms with van der Waals surface area (Å²) in [7, 11) is 0. The number of rotatable bonds is 6. The van der Waals surface area contributed by atoms with Gasteiger partial charge in [0.15, 0.2) is 0 Å². The van der Waals surface area contributed by atoms with E-state index in [1.807, 2.05) is 26.0 Å². The molecule has 0 aliphatic heterocycles. The second-order valence-corrected chi connectivity index (χ2v) is 6.09. The smallest absolute Gasteiger partial charge is 0.218 e. The van der Waals surface area contributed by atoms with Gasteiger partial charge >= 0.3 is 0 Å². The van der Waals surface area contributed by atoms with E-state index in [0.29, 0.717) is 5.88 Å². The van der Waals surface area contributed by atoms with E-state index in [1.54, 1.807) is 17.4 Å². The van der Waals surface area contributed by atoms with Crippen molar-refractivity contribution in [3.8, 4) is 5.88 Å². The van der Waals surface area contributed by atoms with Crippen molar-refractivity contribution in [1.82, 2.24) is 9.97 Å². The molecule has 4 nitrogen and oxygen atoms in total. The molecular formula is C13H16ClN3OS. The minimum Gasteiger partial charge on any atom is -0.475 e. The van der Waals surface area contributed by atoms with Gasteiger partial charge in [0.05, 0.1) is 10.4 Å². The average molecular weight is 298 g/mol. The molecule has 0 fully saturated rings. The number of ether oxygens (including phenoxy) is 1. The first-order valence-corrected chi connectivity index (χ1v) is 7.29. The Labute approximate surface area is 121 Å². The molecule has 102 valence electrons. The number of anilines is 1. The molecule has 0 aliphatic rings. The van der Waals surface area contributed by atoms with Crippen molar-refractivity contribution in [3.63, 3.8) is 0 Å². The van der Waals surface area contributed by atoms with E-state index in [2.05, 4.69) is 15.3 Å². The monoisotopic (exact) mass is 297 g/mol. The van der Waals surface area contributed by atoms with Crippen molar-refractivity contribution >= 4 is 28.8 Å². The van der Waals surface area contributed by atoms with Crippen LogP contribution >= 0.6 is 22.9 Å². The van der Waals surface area contributed by atoms with Crippen molar-refractivity contribution in [2.24, 2.45) is 0 Å². The first-order valence-electron chi connectivity index (χ1n) is 6.10. The van der Waals surface area contributed by atoms with Gasteiger partial charge in [0, 0.05) is 17.5 Å². The third-order valence-corrected chi connectivity index (χ3v) is 3.60. The van der Waals surface area contributed by atoms with Gasteiger partial charge in [-0.2, -0.15) is 0 Å². The average Bonchev–Trinajstić information content (AvgIpc) is 2.75. The molecule has 2 rings (SSSR count). The summed E-state index contributed by atoms with van der Waals surface area (Å²) >= 11 is 7.49. The van der Waals surface area contributed by atoms with Crippen molar-refractivity contribution in [2.45, 2.75) is 26.4 Å². The Morgan fingerprint density at radius 1 is 1.37 bits per heavy atom. The maximum absolute atomic E-state index is 5.89. The molecule has 6 heteroatoms. The molecule has 0 aromatic carbocycles. The Morgan fingerprint density at radius 2 is 2.21 bits per heavy atom. The summed E-state index contributed by atoms with van der Waals surface area (Å²) in [4.78, 5) is 9.47. The third kappa shape index (κ3) is 4.69. The highest BCUT2D eigenvalue weighted by atomic mass is 35.5. The SMILES string of the molecule is CC(C)Oc1cc(NCCc2ccc(Cl)s2)ncn1. The van der Waals surface area contributed by atoms with Gasteiger partial charge < -0.3 is 10.1 Å². The lowest BCUT2D eigenvalue weighted by Crippen LogP contribution is -2.09. The highest BCUT2D eigenvalue weighted by Crippen LogP contribution is 2.21. The van der Waals surface area contributed by atoms with Crippen molar-refractivity contribution < 1.29 is 4.74 Å². The number of halogens is 1. The van der Waals surface area contributed by atoms with Gasteiger partial charge in [-0.1, -0.05) is 11.6 Å². The summed E-state index contributed by atoms with van der Waals surface area (Å²) in [6, 6.07) is 5.77. The molecule has 0 atom stereocenters. The van der Waals surface area contributed by atoms with Crippen molar-refractivity contribution in [1.29, 1.82) is 0 Å². The molecule has 2 aromatic rings. The molecular weight excluding hydrogens is 282 g/mol. The molecule has 0 amide bonds. The second-order valence-electron chi connectivity index (χ2n) is 4.29. The van der Waals surface area contributed by atoms with E-state index < -0.39 is 0 Å². The third-order valence-electron chi connectivity index (χ3n) is 2.30. The number of aromatic nitrogens is 2. The summed E-state index contributed by atoms with van der Waals surface area (Å²) in [5.41, 5.74) is 0. The number of nitrogens with one attached hydrogen (secondary N) is 1. The van der Waals surface area contributed by atoms with Gasteiger partial charge in [0.25, 0.3) is 0 Å². The molecule has 1 N–H and O–H groups in total.